The van der Waals surface area contributed by atoms with Crippen LogP contribution in [0, 0.1) is 5.41 Å². The van der Waals surface area contributed by atoms with Crippen molar-refractivity contribution in [3.05, 3.63) is 108 Å². The van der Waals surface area contributed by atoms with Crippen LogP contribution in [0.15, 0.2) is 91.0 Å². The van der Waals surface area contributed by atoms with Gasteiger partial charge in [-0.1, -0.05) is 91.0 Å². The quantitative estimate of drug-likeness (QED) is 0.293. The van der Waals surface area contributed by atoms with Crippen molar-refractivity contribution < 1.29 is 27.5 Å². The van der Waals surface area contributed by atoms with E-state index >= 15 is 0 Å². The van der Waals surface area contributed by atoms with Gasteiger partial charge in [-0.15, -0.1) is 0 Å². The number of ketones is 1. The molecule has 0 aromatic heterocycles. The molecule has 6 heteroatoms. The van der Waals surface area contributed by atoms with Gasteiger partial charge < -0.3 is 4.74 Å². The first-order valence-corrected chi connectivity index (χ1v) is 9.22. The highest BCUT2D eigenvalue weighted by Gasteiger charge is 2.63. The molecule has 0 fully saturated rings. The number of hydrogen-bond acceptors (Lipinski definition) is 3. The molecule has 3 aromatic carbocycles. The zero-order chi connectivity index (χ0) is 21.8. The van der Waals surface area contributed by atoms with Crippen LogP contribution >= 0.6 is 0 Å². The average Bonchev–Trinajstić information content (AvgIpc) is 2.77. The van der Waals surface area contributed by atoms with Gasteiger partial charge in [0.05, 0.1) is 0 Å². The fraction of sp³-hybridized carbons (Fsp3) is 0.167. The third-order valence-electron chi connectivity index (χ3n) is 4.89. The molecule has 0 bridgehead atoms. The summed E-state index contributed by atoms with van der Waals surface area (Å²) >= 11 is 0. The molecule has 1 unspecified atom stereocenters. The molecule has 3 rings (SSSR count). The van der Waals surface area contributed by atoms with Crippen molar-refractivity contribution >= 4 is 11.8 Å². The highest BCUT2D eigenvalue weighted by molar-refractivity contribution is 6.13. The standard InChI is InChI=1S/C24H19F3O3/c1-23(24(25,26)27,21(28)19-15-9-4-10-16-19)22(29)30-20(17-11-5-2-6-12-17)18-13-7-3-8-14-18/h2-16,20H,1H3. The third kappa shape index (κ3) is 4.13. The van der Waals surface area contributed by atoms with Gasteiger partial charge in [-0.05, 0) is 18.1 Å². The number of carbonyl (C=O) groups excluding carboxylic acids is 2. The maximum Gasteiger partial charge on any atom is 0.411 e. The van der Waals surface area contributed by atoms with E-state index in [0.717, 1.165) is 0 Å². The number of carbonyl (C=O) groups is 2. The normalized spacial score (nSPS) is 13.5. The van der Waals surface area contributed by atoms with Crippen molar-refractivity contribution in [2.24, 2.45) is 5.41 Å². The number of alkyl halides is 3. The second-order valence-electron chi connectivity index (χ2n) is 6.92. The van der Waals surface area contributed by atoms with Crippen LogP contribution < -0.4 is 0 Å². The van der Waals surface area contributed by atoms with Gasteiger partial charge in [0, 0.05) is 5.56 Å². The first-order chi connectivity index (χ1) is 14.2. The summed E-state index contributed by atoms with van der Waals surface area (Å²) in [5.41, 5.74) is -2.58. The molecule has 0 radical (unpaired) electrons. The summed E-state index contributed by atoms with van der Waals surface area (Å²) in [6.45, 7) is 0.567. The van der Waals surface area contributed by atoms with Gasteiger partial charge >= 0.3 is 12.1 Å². The smallest absolute Gasteiger partial charge is 0.411 e. The molecule has 0 spiro atoms. The lowest BCUT2D eigenvalue weighted by molar-refractivity contribution is -0.216. The van der Waals surface area contributed by atoms with E-state index in [0.29, 0.717) is 18.1 Å². The summed E-state index contributed by atoms with van der Waals surface area (Å²) in [6.07, 6.45) is -6.24. The number of esters is 1. The summed E-state index contributed by atoms with van der Waals surface area (Å²) in [5.74, 6) is -3.01. The van der Waals surface area contributed by atoms with Gasteiger partial charge in [0.2, 0.25) is 5.41 Å². The first-order valence-electron chi connectivity index (χ1n) is 9.22. The molecule has 3 aromatic rings. The Kier molecular flexibility index (Phi) is 6.06. The number of rotatable bonds is 6. The Labute approximate surface area is 172 Å². The lowest BCUT2D eigenvalue weighted by Crippen LogP contribution is -2.50. The summed E-state index contributed by atoms with van der Waals surface area (Å²) in [5, 5.41) is 0. The van der Waals surface area contributed by atoms with E-state index in [1.165, 1.54) is 24.3 Å². The fourth-order valence-electron chi connectivity index (χ4n) is 3.02. The Morgan fingerprint density at radius 3 is 1.53 bits per heavy atom. The maximum absolute atomic E-state index is 14.0. The van der Waals surface area contributed by atoms with Crippen molar-refractivity contribution in [1.82, 2.24) is 0 Å². The van der Waals surface area contributed by atoms with Crippen molar-refractivity contribution in [1.29, 1.82) is 0 Å². The fourth-order valence-corrected chi connectivity index (χ4v) is 3.02. The van der Waals surface area contributed by atoms with E-state index in [1.54, 1.807) is 66.7 Å². The van der Waals surface area contributed by atoms with Gasteiger partial charge in [0.1, 0.15) is 0 Å². The molecule has 0 aliphatic carbocycles. The lowest BCUT2D eigenvalue weighted by atomic mass is 9.81. The molecule has 0 aliphatic heterocycles. The molecule has 0 aliphatic rings. The molecule has 3 nitrogen and oxygen atoms in total. The highest BCUT2D eigenvalue weighted by atomic mass is 19.4. The predicted molar refractivity (Wildman–Crippen MR) is 106 cm³/mol. The summed E-state index contributed by atoms with van der Waals surface area (Å²) in [6, 6.07) is 23.8. The molecule has 0 saturated heterocycles. The molecule has 0 amide bonds. The van der Waals surface area contributed by atoms with Crippen LogP contribution in [-0.2, 0) is 9.53 Å². The molecule has 0 saturated carbocycles. The van der Waals surface area contributed by atoms with Gasteiger partial charge in [-0.25, -0.2) is 0 Å². The molecule has 154 valence electrons. The van der Waals surface area contributed by atoms with Crippen LogP contribution in [0.3, 0.4) is 0 Å². The second kappa shape index (κ2) is 8.53. The monoisotopic (exact) mass is 412 g/mol. The Bertz CT molecular complexity index is 963. The van der Waals surface area contributed by atoms with Crippen molar-refractivity contribution in [3.63, 3.8) is 0 Å². The Hall–Kier alpha value is -3.41. The van der Waals surface area contributed by atoms with E-state index in [-0.39, 0.29) is 5.56 Å². The summed E-state index contributed by atoms with van der Waals surface area (Å²) in [7, 11) is 0. The van der Waals surface area contributed by atoms with E-state index in [9.17, 15) is 22.8 Å². The largest absolute Gasteiger partial charge is 0.452 e. The minimum absolute atomic E-state index is 0.217. The molecule has 0 heterocycles. The summed E-state index contributed by atoms with van der Waals surface area (Å²) < 4.78 is 47.5. The van der Waals surface area contributed by atoms with Crippen LogP contribution in [0.1, 0.15) is 34.5 Å². The lowest BCUT2D eigenvalue weighted by Gasteiger charge is -2.30. The molecular weight excluding hydrogens is 393 g/mol. The number of benzene rings is 3. The number of hydrogen-bond donors (Lipinski definition) is 0. The SMILES string of the molecule is CC(C(=O)OC(c1ccccc1)c1ccccc1)(C(=O)c1ccccc1)C(F)(F)F. The van der Waals surface area contributed by atoms with Crippen LogP contribution in [0.4, 0.5) is 13.2 Å². The first kappa shape index (κ1) is 21.3. The minimum Gasteiger partial charge on any atom is -0.452 e. The predicted octanol–water partition coefficient (Wildman–Crippen LogP) is 5.77. The molecule has 1 atom stereocenters. The Morgan fingerprint density at radius 1 is 0.733 bits per heavy atom. The Morgan fingerprint density at radius 2 is 1.13 bits per heavy atom. The van der Waals surface area contributed by atoms with Gasteiger partial charge in [-0.3, -0.25) is 9.59 Å². The van der Waals surface area contributed by atoms with Crippen LogP contribution in [-0.4, -0.2) is 17.9 Å². The van der Waals surface area contributed by atoms with Gasteiger partial charge in [0.15, 0.2) is 11.9 Å². The van der Waals surface area contributed by atoms with Crippen molar-refractivity contribution in [2.45, 2.75) is 19.2 Å². The Balaban J connectivity index is 2.02. The van der Waals surface area contributed by atoms with Crippen LogP contribution in [0.25, 0.3) is 0 Å². The van der Waals surface area contributed by atoms with Crippen molar-refractivity contribution in [3.8, 4) is 0 Å². The highest BCUT2D eigenvalue weighted by Crippen LogP contribution is 2.43. The van der Waals surface area contributed by atoms with E-state index < -0.39 is 29.4 Å². The topological polar surface area (TPSA) is 43.4 Å². The van der Waals surface area contributed by atoms with E-state index in [2.05, 4.69) is 0 Å². The van der Waals surface area contributed by atoms with Gasteiger partial charge in [-0.2, -0.15) is 13.2 Å². The number of Topliss-reactive ketones (excluding diaryl/α,β-unsaturated/α-hetero) is 1. The maximum atomic E-state index is 14.0. The van der Waals surface area contributed by atoms with E-state index in [1.807, 2.05) is 0 Å². The van der Waals surface area contributed by atoms with Gasteiger partial charge in [0.25, 0.3) is 0 Å². The summed E-state index contributed by atoms with van der Waals surface area (Å²) in [4.78, 5) is 25.7. The molecule has 0 N–H and O–H groups in total. The van der Waals surface area contributed by atoms with Crippen LogP contribution in [0.2, 0.25) is 0 Å². The second-order valence-corrected chi connectivity index (χ2v) is 6.92. The minimum atomic E-state index is -5.14. The zero-order valence-electron chi connectivity index (χ0n) is 16.1. The average molecular weight is 412 g/mol. The third-order valence-corrected chi connectivity index (χ3v) is 4.89. The van der Waals surface area contributed by atoms with Crippen molar-refractivity contribution in [2.75, 3.05) is 0 Å². The zero-order valence-corrected chi connectivity index (χ0v) is 16.1. The number of ether oxygens (including phenoxy) is 1. The molecular formula is C24H19F3O3. The van der Waals surface area contributed by atoms with Crippen LogP contribution in [0.5, 0.6) is 0 Å². The van der Waals surface area contributed by atoms with E-state index in [4.69, 9.17) is 4.74 Å². The number of halogens is 3. The molecule has 30 heavy (non-hydrogen) atoms.